The number of carbonyl (C=O) groups excluding carboxylic acids is 1. The van der Waals surface area contributed by atoms with Crippen molar-refractivity contribution in [3.8, 4) is 5.75 Å². The quantitative estimate of drug-likeness (QED) is 0.703. The van der Waals surface area contributed by atoms with Crippen LogP contribution in [-0.4, -0.2) is 31.1 Å². The fourth-order valence-corrected chi connectivity index (χ4v) is 2.09. The van der Waals surface area contributed by atoms with Crippen LogP contribution in [0.25, 0.3) is 0 Å². The minimum absolute atomic E-state index is 0.0135. The van der Waals surface area contributed by atoms with Crippen LogP contribution < -0.4 is 10.1 Å². The number of benzene rings is 1. The highest BCUT2D eigenvalue weighted by Gasteiger charge is 2.08. The Morgan fingerprint density at radius 3 is 2.48 bits per heavy atom. The highest BCUT2D eigenvalue weighted by molar-refractivity contribution is 5.73. The molecule has 1 rings (SSSR count). The standard InChI is InChI=1S/C17H28N2O2/c1-4-6-7-8-13-18-17(20)19(3)14-15-9-11-16(12-10-15)21-5-2/h9-12H,4-8,13-14H2,1-3H3,(H,18,20). The SMILES string of the molecule is CCCCCCNC(=O)N(C)Cc1ccc(OCC)cc1. The number of unbranched alkanes of at least 4 members (excludes halogenated alkanes) is 3. The summed E-state index contributed by atoms with van der Waals surface area (Å²) in [6.07, 6.45) is 4.68. The molecule has 0 aliphatic rings. The Bertz CT molecular complexity index is 404. The summed E-state index contributed by atoms with van der Waals surface area (Å²) < 4.78 is 5.41. The van der Waals surface area contributed by atoms with Gasteiger partial charge in [-0.1, -0.05) is 38.3 Å². The molecular formula is C17H28N2O2. The van der Waals surface area contributed by atoms with Crippen molar-refractivity contribution in [3.63, 3.8) is 0 Å². The predicted octanol–water partition coefficient (Wildman–Crippen LogP) is 3.81. The molecule has 118 valence electrons. The molecular weight excluding hydrogens is 264 g/mol. The molecule has 4 heteroatoms. The molecule has 0 bridgehead atoms. The zero-order chi connectivity index (χ0) is 15.5. The molecule has 0 radical (unpaired) electrons. The second-order valence-electron chi connectivity index (χ2n) is 5.23. The summed E-state index contributed by atoms with van der Waals surface area (Å²) in [5.74, 6) is 0.865. The van der Waals surface area contributed by atoms with Gasteiger partial charge in [0.2, 0.25) is 0 Å². The Kier molecular flexibility index (Phi) is 8.32. The van der Waals surface area contributed by atoms with Gasteiger partial charge in [0.1, 0.15) is 5.75 Å². The molecule has 0 spiro atoms. The first-order valence-electron chi connectivity index (χ1n) is 7.88. The van der Waals surface area contributed by atoms with Gasteiger partial charge < -0.3 is 15.0 Å². The number of nitrogens with one attached hydrogen (secondary N) is 1. The molecule has 2 amide bonds. The van der Waals surface area contributed by atoms with Crippen molar-refractivity contribution in [1.82, 2.24) is 10.2 Å². The molecule has 1 aromatic rings. The van der Waals surface area contributed by atoms with E-state index < -0.39 is 0 Å². The van der Waals surface area contributed by atoms with Crippen molar-refractivity contribution < 1.29 is 9.53 Å². The lowest BCUT2D eigenvalue weighted by atomic mass is 10.2. The highest BCUT2D eigenvalue weighted by Crippen LogP contribution is 2.13. The zero-order valence-electron chi connectivity index (χ0n) is 13.5. The molecule has 1 aromatic carbocycles. The Balaban J connectivity index is 2.30. The number of hydrogen-bond donors (Lipinski definition) is 1. The number of amides is 2. The number of rotatable bonds is 9. The van der Waals surface area contributed by atoms with Crippen LogP contribution in [0.4, 0.5) is 4.79 Å². The lowest BCUT2D eigenvalue weighted by molar-refractivity contribution is 0.206. The van der Waals surface area contributed by atoms with E-state index in [1.165, 1.54) is 19.3 Å². The monoisotopic (exact) mass is 292 g/mol. The van der Waals surface area contributed by atoms with E-state index >= 15 is 0 Å². The summed E-state index contributed by atoms with van der Waals surface area (Å²) in [7, 11) is 1.82. The maximum Gasteiger partial charge on any atom is 0.317 e. The minimum Gasteiger partial charge on any atom is -0.494 e. The van der Waals surface area contributed by atoms with E-state index in [9.17, 15) is 4.79 Å². The molecule has 0 fully saturated rings. The van der Waals surface area contributed by atoms with Crippen LogP contribution >= 0.6 is 0 Å². The van der Waals surface area contributed by atoms with Crippen LogP contribution in [0.2, 0.25) is 0 Å². The third kappa shape index (κ3) is 7.02. The van der Waals surface area contributed by atoms with Gasteiger partial charge in [-0.3, -0.25) is 0 Å². The lowest BCUT2D eigenvalue weighted by Crippen LogP contribution is -2.37. The second-order valence-corrected chi connectivity index (χ2v) is 5.23. The Morgan fingerprint density at radius 1 is 1.14 bits per heavy atom. The van der Waals surface area contributed by atoms with E-state index in [1.54, 1.807) is 4.90 Å². The minimum atomic E-state index is -0.0135. The fourth-order valence-electron chi connectivity index (χ4n) is 2.09. The predicted molar refractivity (Wildman–Crippen MR) is 86.6 cm³/mol. The molecule has 0 aliphatic carbocycles. The van der Waals surface area contributed by atoms with Crippen molar-refractivity contribution in [1.29, 1.82) is 0 Å². The van der Waals surface area contributed by atoms with Gasteiger partial charge in [-0.05, 0) is 31.0 Å². The van der Waals surface area contributed by atoms with E-state index in [1.807, 2.05) is 38.2 Å². The van der Waals surface area contributed by atoms with Crippen LogP contribution in [0.3, 0.4) is 0 Å². The van der Waals surface area contributed by atoms with Gasteiger partial charge in [0.15, 0.2) is 0 Å². The molecule has 0 aromatic heterocycles. The summed E-state index contributed by atoms with van der Waals surface area (Å²) in [5.41, 5.74) is 1.10. The first-order valence-corrected chi connectivity index (χ1v) is 7.88. The van der Waals surface area contributed by atoms with E-state index in [0.717, 1.165) is 24.3 Å². The maximum absolute atomic E-state index is 11.9. The third-order valence-electron chi connectivity index (χ3n) is 3.31. The van der Waals surface area contributed by atoms with Gasteiger partial charge in [-0.15, -0.1) is 0 Å². The summed E-state index contributed by atoms with van der Waals surface area (Å²) in [6, 6.07) is 7.86. The normalized spacial score (nSPS) is 10.2. The molecule has 1 N–H and O–H groups in total. The van der Waals surface area contributed by atoms with Crippen molar-refractivity contribution in [2.75, 3.05) is 20.2 Å². The number of nitrogens with zero attached hydrogens (tertiary/aromatic N) is 1. The number of urea groups is 1. The van der Waals surface area contributed by atoms with Gasteiger partial charge in [0.05, 0.1) is 6.61 Å². The van der Waals surface area contributed by atoms with Crippen molar-refractivity contribution in [2.24, 2.45) is 0 Å². The Hall–Kier alpha value is -1.71. The fraction of sp³-hybridized carbons (Fsp3) is 0.588. The molecule has 0 aliphatic heterocycles. The summed E-state index contributed by atoms with van der Waals surface area (Å²) in [4.78, 5) is 13.6. The van der Waals surface area contributed by atoms with Crippen molar-refractivity contribution >= 4 is 6.03 Å². The van der Waals surface area contributed by atoms with Gasteiger partial charge in [-0.25, -0.2) is 4.79 Å². The van der Waals surface area contributed by atoms with Crippen molar-refractivity contribution in [2.45, 2.75) is 46.1 Å². The number of hydrogen-bond acceptors (Lipinski definition) is 2. The van der Waals surface area contributed by atoms with E-state index in [4.69, 9.17) is 4.74 Å². The number of ether oxygens (including phenoxy) is 1. The topological polar surface area (TPSA) is 41.6 Å². The average molecular weight is 292 g/mol. The summed E-state index contributed by atoms with van der Waals surface area (Å²) in [6.45, 7) is 6.18. The number of carbonyl (C=O) groups is 1. The van der Waals surface area contributed by atoms with Crippen LogP contribution in [0.5, 0.6) is 5.75 Å². The van der Waals surface area contributed by atoms with Crippen LogP contribution in [0.1, 0.15) is 45.1 Å². The molecule has 0 unspecified atom stereocenters. The van der Waals surface area contributed by atoms with Crippen LogP contribution in [0, 0.1) is 0 Å². The molecule has 0 atom stereocenters. The summed E-state index contributed by atoms with van der Waals surface area (Å²) in [5, 5.41) is 2.96. The smallest absolute Gasteiger partial charge is 0.317 e. The first-order chi connectivity index (χ1) is 10.2. The van der Waals surface area contributed by atoms with Crippen LogP contribution in [0.15, 0.2) is 24.3 Å². The van der Waals surface area contributed by atoms with Gasteiger partial charge in [0.25, 0.3) is 0 Å². The van der Waals surface area contributed by atoms with E-state index in [0.29, 0.717) is 13.2 Å². The van der Waals surface area contributed by atoms with E-state index in [2.05, 4.69) is 12.2 Å². The Morgan fingerprint density at radius 2 is 1.86 bits per heavy atom. The van der Waals surface area contributed by atoms with Gasteiger partial charge in [0, 0.05) is 20.1 Å². The molecule has 0 saturated heterocycles. The van der Waals surface area contributed by atoms with Gasteiger partial charge >= 0.3 is 6.03 Å². The summed E-state index contributed by atoms with van der Waals surface area (Å²) >= 11 is 0. The molecule has 4 nitrogen and oxygen atoms in total. The lowest BCUT2D eigenvalue weighted by Gasteiger charge is -2.18. The highest BCUT2D eigenvalue weighted by atomic mass is 16.5. The Labute approximate surface area is 128 Å². The third-order valence-corrected chi connectivity index (χ3v) is 3.31. The maximum atomic E-state index is 11.9. The van der Waals surface area contributed by atoms with Crippen LogP contribution in [-0.2, 0) is 6.54 Å². The first kappa shape index (κ1) is 17.3. The van der Waals surface area contributed by atoms with E-state index in [-0.39, 0.29) is 6.03 Å². The largest absolute Gasteiger partial charge is 0.494 e. The van der Waals surface area contributed by atoms with Crippen molar-refractivity contribution in [3.05, 3.63) is 29.8 Å². The second kappa shape index (κ2) is 10.1. The molecule has 0 saturated carbocycles. The van der Waals surface area contributed by atoms with Gasteiger partial charge in [-0.2, -0.15) is 0 Å². The molecule has 0 heterocycles. The zero-order valence-corrected chi connectivity index (χ0v) is 13.5. The average Bonchev–Trinajstić information content (AvgIpc) is 2.49. The molecule has 21 heavy (non-hydrogen) atoms.